The number of amides is 1. The maximum absolute atomic E-state index is 12.1. The highest BCUT2D eigenvalue weighted by Crippen LogP contribution is 2.37. The lowest BCUT2D eigenvalue weighted by atomic mass is 9.75. The van der Waals surface area contributed by atoms with E-state index in [1.807, 2.05) is 60.7 Å². The summed E-state index contributed by atoms with van der Waals surface area (Å²) in [5, 5.41) is 22.8. The van der Waals surface area contributed by atoms with Crippen molar-refractivity contribution >= 4 is 6.09 Å². The van der Waals surface area contributed by atoms with Gasteiger partial charge in [0.25, 0.3) is 0 Å². The molecule has 25 heavy (non-hydrogen) atoms. The number of hydrogen-bond donors (Lipinski definition) is 2. The Bertz CT molecular complexity index is 785. The number of carbonyl (C=O) groups is 1. The van der Waals surface area contributed by atoms with E-state index in [0.29, 0.717) is 6.42 Å². The second-order valence-corrected chi connectivity index (χ2v) is 6.33. The van der Waals surface area contributed by atoms with Gasteiger partial charge in [-0.1, -0.05) is 54.6 Å². The number of rotatable bonds is 4. The second-order valence-electron chi connectivity index (χ2n) is 6.33. The van der Waals surface area contributed by atoms with Crippen molar-refractivity contribution < 1.29 is 14.6 Å². The minimum atomic E-state index is -1.25. The zero-order valence-corrected chi connectivity index (χ0v) is 13.8. The fourth-order valence-corrected chi connectivity index (χ4v) is 3.34. The molecule has 2 aromatic rings. The molecule has 0 aromatic heterocycles. The quantitative estimate of drug-likeness (QED) is 0.899. The van der Waals surface area contributed by atoms with Crippen LogP contribution in [0.2, 0.25) is 0 Å². The number of nitrogens with one attached hydrogen (secondary N) is 1. The summed E-state index contributed by atoms with van der Waals surface area (Å²) in [4.78, 5) is 12.1. The molecule has 0 saturated heterocycles. The smallest absolute Gasteiger partial charge is 0.407 e. The Kier molecular flexibility index (Phi) is 5.01. The Hall–Kier alpha value is -2.84. The van der Waals surface area contributed by atoms with Crippen LogP contribution in [0.1, 0.15) is 29.5 Å². The van der Waals surface area contributed by atoms with Crippen molar-refractivity contribution in [2.45, 2.75) is 37.5 Å². The second kappa shape index (κ2) is 7.37. The van der Waals surface area contributed by atoms with E-state index in [2.05, 4.69) is 5.32 Å². The van der Waals surface area contributed by atoms with Crippen molar-refractivity contribution in [3.8, 4) is 6.07 Å². The molecule has 2 N–H and O–H groups in total. The number of fused-ring (bicyclic) bond motifs is 1. The molecule has 0 aliphatic heterocycles. The van der Waals surface area contributed by atoms with Crippen molar-refractivity contribution in [1.82, 2.24) is 5.32 Å². The number of carbonyl (C=O) groups excluding carboxylic acids is 1. The predicted octanol–water partition coefficient (Wildman–Crippen LogP) is 3.03. The SMILES string of the molecule is N#CC[C@]1(O)C[C@H](NC(=O)OCc2ccccc2)Cc2ccccc21. The number of alkyl carbamates (subject to hydrolysis) is 1. The van der Waals surface area contributed by atoms with E-state index >= 15 is 0 Å². The molecule has 2 aromatic carbocycles. The number of nitrogens with zero attached hydrogens (tertiary/aromatic N) is 1. The lowest BCUT2D eigenvalue weighted by Crippen LogP contribution is -2.46. The normalized spacial score (nSPS) is 21.7. The summed E-state index contributed by atoms with van der Waals surface area (Å²) >= 11 is 0. The first-order valence-corrected chi connectivity index (χ1v) is 8.26. The average Bonchev–Trinajstić information content (AvgIpc) is 2.61. The minimum absolute atomic E-state index is 0.0126. The largest absolute Gasteiger partial charge is 0.445 e. The summed E-state index contributed by atoms with van der Waals surface area (Å²) in [7, 11) is 0. The highest BCUT2D eigenvalue weighted by Gasteiger charge is 2.39. The number of aliphatic hydroxyl groups is 1. The van der Waals surface area contributed by atoms with Gasteiger partial charge in [0, 0.05) is 12.5 Å². The first-order valence-electron chi connectivity index (χ1n) is 8.26. The molecular formula is C20H20N2O3. The molecule has 0 saturated carbocycles. The first-order chi connectivity index (χ1) is 12.1. The molecule has 2 atom stereocenters. The summed E-state index contributed by atoms with van der Waals surface area (Å²) in [6.07, 6.45) is 0.358. The standard InChI is InChI=1S/C20H20N2O3/c21-11-10-20(24)13-17(12-16-8-4-5-9-18(16)20)22-19(23)25-14-15-6-2-1-3-7-15/h1-9,17,24H,10,12-14H2,(H,22,23)/t17-,20+/m1/s1. The average molecular weight is 336 g/mol. The summed E-state index contributed by atoms with van der Waals surface area (Å²) in [5.74, 6) is 0. The zero-order valence-electron chi connectivity index (χ0n) is 13.8. The van der Waals surface area contributed by atoms with Gasteiger partial charge in [0.15, 0.2) is 0 Å². The molecule has 0 fully saturated rings. The van der Waals surface area contributed by atoms with Crippen LogP contribution in [0.4, 0.5) is 4.79 Å². The van der Waals surface area contributed by atoms with Crippen LogP contribution in [0.25, 0.3) is 0 Å². The molecule has 5 heteroatoms. The lowest BCUT2D eigenvalue weighted by molar-refractivity contribution is 0.0130. The van der Waals surface area contributed by atoms with Crippen LogP contribution in [0.5, 0.6) is 0 Å². The van der Waals surface area contributed by atoms with Crippen LogP contribution in [0.3, 0.4) is 0 Å². The van der Waals surface area contributed by atoms with E-state index in [0.717, 1.165) is 16.7 Å². The van der Waals surface area contributed by atoms with Crippen LogP contribution in [-0.2, 0) is 23.4 Å². The monoisotopic (exact) mass is 336 g/mol. The van der Waals surface area contributed by atoms with Gasteiger partial charge in [-0.05, 0) is 23.1 Å². The Labute approximate surface area is 146 Å². The van der Waals surface area contributed by atoms with Gasteiger partial charge in [-0.25, -0.2) is 4.79 Å². The van der Waals surface area contributed by atoms with Gasteiger partial charge in [0.1, 0.15) is 12.2 Å². The Morgan fingerprint density at radius 2 is 1.96 bits per heavy atom. The molecular weight excluding hydrogens is 316 g/mol. The van der Waals surface area contributed by atoms with E-state index < -0.39 is 11.7 Å². The van der Waals surface area contributed by atoms with Crippen molar-refractivity contribution in [3.05, 3.63) is 71.3 Å². The van der Waals surface area contributed by atoms with Crippen molar-refractivity contribution in [1.29, 1.82) is 5.26 Å². The van der Waals surface area contributed by atoms with Gasteiger partial charge in [0.2, 0.25) is 0 Å². The summed E-state index contributed by atoms with van der Waals surface area (Å²) in [6, 6.07) is 18.7. The third kappa shape index (κ3) is 3.98. The molecule has 1 aliphatic rings. The van der Waals surface area contributed by atoms with Gasteiger partial charge >= 0.3 is 6.09 Å². The molecule has 0 unspecified atom stereocenters. The predicted molar refractivity (Wildman–Crippen MR) is 92.4 cm³/mol. The highest BCUT2D eigenvalue weighted by molar-refractivity contribution is 5.67. The first kappa shape index (κ1) is 17.0. The maximum Gasteiger partial charge on any atom is 0.407 e. The topological polar surface area (TPSA) is 82.4 Å². The lowest BCUT2D eigenvalue weighted by Gasteiger charge is -2.37. The summed E-state index contributed by atoms with van der Waals surface area (Å²) in [6.45, 7) is 0.193. The maximum atomic E-state index is 12.1. The summed E-state index contributed by atoms with van der Waals surface area (Å²) in [5.41, 5.74) is 1.38. The fraction of sp³-hybridized carbons (Fsp3) is 0.300. The molecule has 0 spiro atoms. The van der Waals surface area contributed by atoms with Gasteiger partial charge in [0.05, 0.1) is 12.5 Å². The number of hydrogen-bond acceptors (Lipinski definition) is 4. The minimum Gasteiger partial charge on any atom is -0.445 e. The van der Waals surface area contributed by atoms with Crippen molar-refractivity contribution in [3.63, 3.8) is 0 Å². The van der Waals surface area contributed by atoms with Crippen LogP contribution < -0.4 is 5.32 Å². The van der Waals surface area contributed by atoms with Crippen LogP contribution in [0.15, 0.2) is 54.6 Å². The van der Waals surface area contributed by atoms with Gasteiger partial charge < -0.3 is 15.2 Å². The molecule has 5 nitrogen and oxygen atoms in total. The van der Waals surface area contributed by atoms with Crippen LogP contribution in [-0.4, -0.2) is 17.2 Å². The molecule has 0 bridgehead atoms. The molecule has 1 amide bonds. The number of nitriles is 1. The number of benzene rings is 2. The van der Waals surface area contributed by atoms with Gasteiger partial charge in [-0.2, -0.15) is 5.26 Å². The Morgan fingerprint density at radius 1 is 1.24 bits per heavy atom. The molecule has 3 rings (SSSR count). The third-order valence-corrected chi connectivity index (χ3v) is 4.48. The van der Waals surface area contributed by atoms with E-state index in [4.69, 9.17) is 10.00 Å². The van der Waals surface area contributed by atoms with Crippen molar-refractivity contribution in [2.75, 3.05) is 0 Å². The highest BCUT2D eigenvalue weighted by atomic mass is 16.5. The van der Waals surface area contributed by atoms with E-state index in [1.165, 1.54) is 0 Å². The molecule has 0 radical (unpaired) electrons. The van der Waals surface area contributed by atoms with Crippen LogP contribution in [0, 0.1) is 11.3 Å². The van der Waals surface area contributed by atoms with Crippen molar-refractivity contribution in [2.24, 2.45) is 0 Å². The molecule has 1 aliphatic carbocycles. The molecule has 128 valence electrons. The van der Waals surface area contributed by atoms with E-state index in [9.17, 15) is 9.90 Å². The number of ether oxygens (including phenoxy) is 1. The van der Waals surface area contributed by atoms with Crippen LogP contribution >= 0.6 is 0 Å². The zero-order chi connectivity index (χ0) is 17.7. The molecule has 0 heterocycles. The Morgan fingerprint density at radius 3 is 2.72 bits per heavy atom. The Balaban J connectivity index is 1.65. The van der Waals surface area contributed by atoms with Gasteiger partial charge in [-0.15, -0.1) is 0 Å². The van der Waals surface area contributed by atoms with Gasteiger partial charge in [-0.3, -0.25) is 0 Å². The fourth-order valence-electron chi connectivity index (χ4n) is 3.34. The van der Waals surface area contributed by atoms with E-state index in [1.54, 1.807) is 0 Å². The van der Waals surface area contributed by atoms with E-state index in [-0.39, 0.29) is 25.5 Å². The third-order valence-electron chi connectivity index (χ3n) is 4.48. The summed E-state index contributed by atoms with van der Waals surface area (Å²) < 4.78 is 5.25.